The topological polar surface area (TPSA) is 87.0 Å². The van der Waals surface area contributed by atoms with Gasteiger partial charge < -0.3 is 29.7 Å². The second kappa shape index (κ2) is 9.58. The summed E-state index contributed by atoms with van der Waals surface area (Å²) in [5.41, 5.74) is 4.36. The van der Waals surface area contributed by atoms with E-state index in [0.29, 0.717) is 36.7 Å². The molecule has 1 amide bonds. The van der Waals surface area contributed by atoms with Crippen molar-refractivity contribution in [3.63, 3.8) is 0 Å². The van der Waals surface area contributed by atoms with E-state index in [2.05, 4.69) is 10.2 Å². The molecule has 0 atom stereocenters. The van der Waals surface area contributed by atoms with Gasteiger partial charge in [0.2, 0.25) is 0 Å². The highest BCUT2D eigenvalue weighted by atomic mass is 16.5. The number of aromatic hydroxyl groups is 2. The van der Waals surface area contributed by atoms with Crippen LogP contribution in [0.15, 0.2) is 48.5 Å². The van der Waals surface area contributed by atoms with E-state index in [1.54, 1.807) is 12.1 Å². The van der Waals surface area contributed by atoms with Crippen LogP contribution in [-0.4, -0.2) is 53.5 Å². The van der Waals surface area contributed by atoms with Crippen LogP contribution < -0.4 is 10.2 Å². The summed E-state index contributed by atoms with van der Waals surface area (Å²) in [4.78, 5) is 15.1. The number of carbonyl (C=O) groups is 1. The number of benzene rings is 2. The molecule has 1 aliphatic heterocycles. The largest absolute Gasteiger partial charge is 0.508 e. The summed E-state index contributed by atoms with van der Waals surface area (Å²) in [5, 5.41) is 23.9. The predicted octanol–water partition coefficient (Wildman–Crippen LogP) is 4.27. The normalized spacial score (nSPS) is 14.0. The number of carbonyl (C=O) groups excluding carboxylic acids is 1. The summed E-state index contributed by atoms with van der Waals surface area (Å²) in [6.07, 6.45) is 0. The van der Waals surface area contributed by atoms with E-state index in [1.165, 1.54) is 6.07 Å². The number of anilines is 1. The van der Waals surface area contributed by atoms with Crippen LogP contribution >= 0.6 is 0 Å². The zero-order chi connectivity index (χ0) is 23.5. The SMILES string of the molecule is CCNC(=O)c1ccc(-c2cc(C(C)C)c(O)cc2O)n1-c1ccc(N2CCOCC2)cc1. The Kier molecular flexibility index (Phi) is 6.60. The van der Waals surface area contributed by atoms with Gasteiger partial charge in [-0.25, -0.2) is 0 Å². The van der Waals surface area contributed by atoms with E-state index in [-0.39, 0.29) is 23.3 Å². The fraction of sp³-hybridized carbons (Fsp3) is 0.346. The van der Waals surface area contributed by atoms with Gasteiger partial charge in [-0.3, -0.25) is 4.79 Å². The van der Waals surface area contributed by atoms with Gasteiger partial charge in [0, 0.05) is 42.6 Å². The lowest BCUT2D eigenvalue weighted by Gasteiger charge is -2.29. The van der Waals surface area contributed by atoms with Gasteiger partial charge in [-0.1, -0.05) is 13.8 Å². The summed E-state index contributed by atoms with van der Waals surface area (Å²) < 4.78 is 7.30. The van der Waals surface area contributed by atoms with Crippen LogP contribution in [0.25, 0.3) is 16.9 Å². The first-order valence-electron chi connectivity index (χ1n) is 11.4. The Bertz CT molecular complexity index is 1130. The van der Waals surface area contributed by atoms with Crippen molar-refractivity contribution >= 4 is 11.6 Å². The zero-order valence-corrected chi connectivity index (χ0v) is 19.3. The van der Waals surface area contributed by atoms with Gasteiger partial charge in [0.1, 0.15) is 17.2 Å². The lowest BCUT2D eigenvalue weighted by Crippen LogP contribution is -2.36. The highest BCUT2D eigenvalue weighted by Crippen LogP contribution is 2.39. The van der Waals surface area contributed by atoms with Crippen molar-refractivity contribution in [2.24, 2.45) is 0 Å². The van der Waals surface area contributed by atoms with E-state index >= 15 is 0 Å². The van der Waals surface area contributed by atoms with E-state index in [4.69, 9.17) is 4.74 Å². The summed E-state index contributed by atoms with van der Waals surface area (Å²) >= 11 is 0. The average Bonchev–Trinajstić information content (AvgIpc) is 3.25. The Hall–Kier alpha value is -3.45. The first kappa shape index (κ1) is 22.7. The molecular weight excluding hydrogens is 418 g/mol. The summed E-state index contributed by atoms with van der Waals surface area (Å²) in [7, 11) is 0. The van der Waals surface area contributed by atoms with Gasteiger partial charge in [-0.05, 0) is 60.9 Å². The molecule has 33 heavy (non-hydrogen) atoms. The van der Waals surface area contributed by atoms with Crippen molar-refractivity contribution in [2.75, 3.05) is 37.7 Å². The lowest BCUT2D eigenvalue weighted by molar-refractivity contribution is 0.0949. The van der Waals surface area contributed by atoms with Gasteiger partial charge in [0.05, 0.1) is 18.9 Å². The van der Waals surface area contributed by atoms with Crippen LogP contribution in [0.2, 0.25) is 0 Å². The molecule has 3 N–H and O–H groups in total. The Labute approximate surface area is 194 Å². The van der Waals surface area contributed by atoms with Crippen molar-refractivity contribution in [3.05, 3.63) is 59.8 Å². The van der Waals surface area contributed by atoms with Crippen LogP contribution in [0.1, 0.15) is 42.7 Å². The maximum absolute atomic E-state index is 12.9. The summed E-state index contributed by atoms with van der Waals surface area (Å²) in [5.74, 6) is -0.0985. The minimum atomic E-state index is -0.191. The fourth-order valence-electron chi connectivity index (χ4n) is 4.25. The molecule has 1 aromatic heterocycles. The van der Waals surface area contributed by atoms with Crippen molar-refractivity contribution in [3.8, 4) is 28.4 Å². The standard InChI is InChI=1S/C26H31N3O4/c1-4-27-26(32)23-10-9-22(21-15-20(17(2)3)24(30)16-25(21)31)29(23)19-7-5-18(6-8-19)28-11-13-33-14-12-28/h5-10,15-17,30-31H,4,11-14H2,1-3H3,(H,27,32). The van der Waals surface area contributed by atoms with E-state index < -0.39 is 0 Å². The number of hydrogen-bond donors (Lipinski definition) is 3. The molecule has 3 aromatic rings. The Morgan fingerprint density at radius 2 is 1.67 bits per heavy atom. The molecule has 4 rings (SSSR count). The molecule has 0 aliphatic carbocycles. The molecule has 7 nitrogen and oxygen atoms in total. The van der Waals surface area contributed by atoms with Gasteiger partial charge in [0.25, 0.3) is 5.91 Å². The Morgan fingerprint density at radius 1 is 1.00 bits per heavy atom. The molecule has 1 saturated heterocycles. The maximum atomic E-state index is 12.9. The van der Waals surface area contributed by atoms with Crippen LogP contribution in [0.3, 0.4) is 0 Å². The zero-order valence-electron chi connectivity index (χ0n) is 19.3. The van der Waals surface area contributed by atoms with Gasteiger partial charge in [0.15, 0.2) is 0 Å². The van der Waals surface area contributed by atoms with Gasteiger partial charge in [-0.15, -0.1) is 0 Å². The third kappa shape index (κ3) is 4.54. The molecule has 174 valence electrons. The number of morpholine rings is 1. The molecule has 0 saturated carbocycles. The van der Waals surface area contributed by atoms with Crippen molar-refractivity contribution in [1.82, 2.24) is 9.88 Å². The molecule has 2 aromatic carbocycles. The molecular formula is C26H31N3O4. The number of nitrogens with one attached hydrogen (secondary N) is 1. The second-order valence-corrected chi connectivity index (χ2v) is 8.50. The minimum absolute atomic E-state index is 0.0383. The van der Waals surface area contributed by atoms with E-state index in [9.17, 15) is 15.0 Å². The van der Waals surface area contributed by atoms with Gasteiger partial charge >= 0.3 is 0 Å². The number of phenols is 2. The first-order valence-corrected chi connectivity index (χ1v) is 11.4. The molecule has 0 spiro atoms. The molecule has 0 radical (unpaired) electrons. The maximum Gasteiger partial charge on any atom is 0.268 e. The molecule has 1 aliphatic rings. The number of aromatic nitrogens is 1. The van der Waals surface area contributed by atoms with Crippen molar-refractivity contribution in [2.45, 2.75) is 26.7 Å². The minimum Gasteiger partial charge on any atom is -0.508 e. The number of amides is 1. The summed E-state index contributed by atoms with van der Waals surface area (Å²) in [6.45, 7) is 9.47. The number of rotatable bonds is 6. The van der Waals surface area contributed by atoms with Crippen LogP contribution in [0, 0.1) is 0 Å². The molecule has 7 heteroatoms. The lowest BCUT2D eigenvalue weighted by atomic mass is 9.97. The van der Waals surface area contributed by atoms with Crippen molar-refractivity contribution in [1.29, 1.82) is 0 Å². The first-order chi connectivity index (χ1) is 15.9. The average molecular weight is 450 g/mol. The second-order valence-electron chi connectivity index (χ2n) is 8.50. The van der Waals surface area contributed by atoms with Crippen LogP contribution in [0.5, 0.6) is 11.5 Å². The highest BCUT2D eigenvalue weighted by Gasteiger charge is 2.21. The fourth-order valence-corrected chi connectivity index (χ4v) is 4.25. The van der Waals surface area contributed by atoms with E-state index in [1.807, 2.05) is 55.7 Å². The number of hydrogen-bond acceptors (Lipinski definition) is 5. The third-order valence-corrected chi connectivity index (χ3v) is 5.98. The van der Waals surface area contributed by atoms with E-state index in [0.717, 1.165) is 30.0 Å². The van der Waals surface area contributed by atoms with Crippen LogP contribution in [0.4, 0.5) is 5.69 Å². The Balaban J connectivity index is 1.82. The van der Waals surface area contributed by atoms with Crippen molar-refractivity contribution < 1.29 is 19.7 Å². The quantitative estimate of drug-likeness (QED) is 0.523. The van der Waals surface area contributed by atoms with Gasteiger partial charge in [-0.2, -0.15) is 0 Å². The smallest absolute Gasteiger partial charge is 0.268 e. The number of nitrogens with zero attached hydrogens (tertiary/aromatic N) is 2. The monoisotopic (exact) mass is 449 g/mol. The molecule has 0 unspecified atom stereocenters. The third-order valence-electron chi connectivity index (χ3n) is 5.98. The molecule has 1 fully saturated rings. The number of phenolic OH excluding ortho intramolecular Hbond substituents is 2. The predicted molar refractivity (Wildman–Crippen MR) is 130 cm³/mol. The highest BCUT2D eigenvalue weighted by molar-refractivity contribution is 5.95. The van der Waals surface area contributed by atoms with Crippen LogP contribution in [-0.2, 0) is 4.74 Å². The molecule has 2 heterocycles. The number of ether oxygens (including phenoxy) is 1. The summed E-state index contributed by atoms with van der Waals surface area (Å²) in [6, 6.07) is 14.8. The molecule has 0 bridgehead atoms. The Morgan fingerprint density at radius 3 is 2.30 bits per heavy atom.